The van der Waals surface area contributed by atoms with E-state index < -0.39 is 28.8 Å². The summed E-state index contributed by atoms with van der Waals surface area (Å²) in [5, 5.41) is 23.0. The first kappa shape index (κ1) is 25.1. The number of nitrogens with one attached hydrogen (secondary N) is 2. The maximum atomic E-state index is 13.1. The summed E-state index contributed by atoms with van der Waals surface area (Å²) in [5.41, 5.74) is 2.83. The Morgan fingerprint density at radius 3 is 2.43 bits per heavy atom. The van der Waals surface area contributed by atoms with Gasteiger partial charge in [0.05, 0.1) is 17.0 Å². The lowest BCUT2D eigenvalue weighted by Crippen LogP contribution is -2.55. The van der Waals surface area contributed by atoms with E-state index in [1.165, 1.54) is 25.1 Å². The van der Waals surface area contributed by atoms with Crippen LogP contribution in [-0.4, -0.2) is 45.9 Å². The first-order valence-electron chi connectivity index (χ1n) is 10.7. The Balaban J connectivity index is 1.81. The summed E-state index contributed by atoms with van der Waals surface area (Å²) in [4.78, 5) is 36.0. The van der Waals surface area contributed by atoms with E-state index in [-0.39, 0.29) is 29.5 Å². The summed E-state index contributed by atoms with van der Waals surface area (Å²) in [6.45, 7) is 6.47. The van der Waals surface area contributed by atoms with E-state index in [9.17, 15) is 19.7 Å². The van der Waals surface area contributed by atoms with Crippen LogP contribution in [0.2, 0.25) is 0 Å². The number of nitro benzene ring substituents is 1. The van der Waals surface area contributed by atoms with Crippen molar-refractivity contribution < 1.29 is 24.0 Å². The third-order valence-corrected chi connectivity index (χ3v) is 4.61. The number of hydrogen-bond acceptors (Lipinski definition) is 9. The van der Waals surface area contributed by atoms with Crippen molar-refractivity contribution in [2.45, 2.75) is 39.4 Å². The number of nitrogens with zero attached hydrogens (tertiary/aromatic N) is 4. The Morgan fingerprint density at radius 1 is 1.11 bits per heavy atom. The molecule has 2 amide bonds. The SMILES string of the molecule is CC(OC(=O)N1NC(c2ccccc2)=NN=C1CNC(=O)OC(C)(C)C)c1ccccc1[N+](=O)[O-]. The molecule has 1 aliphatic heterocycles. The van der Waals surface area contributed by atoms with Crippen LogP contribution in [0.25, 0.3) is 0 Å². The van der Waals surface area contributed by atoms with Crippen LogP contribution in [0.5, 0.6) is 0 Å². The lowest BCUT2D eigenvalue weighted by atomic mass is 10.1. The molecule has 0 aliphatic carbocycles. The molecular formula is C23H26N6O6. The summed E-state index contributed by atoms with van der Waals surface area (Å²) in [5.74, 6) is 0.289. The fraction of sp³-hybridized carbons (Fsp3) is 0.304. The van der Waals surface area contributed by atoms with Crippen LogP contribution in [0.4, 0.5) is 15.3 Å². The molecule has 0 bridgehead atoms. The van der Waals surface area contributed by atoms with Gasteiger partial charge in [0.1, 0.15) is 11.7 Å². The molecule has 12 heteroatoms. The molecule has 184 valence electrons. The van der Waals surface area contributed by atoms with Crippen LogP contribution in [0.1, 0.15) is 44.9 Å². The number of benzene rings is 2. The Hall–Kier alpha value is -4.48. The smallest absolute Gasteiger partial charge is 0.435 e. The van der Waals surface area contributed by atoms with E-state index in [2.05, 4.69) is 20.9 Å². The van der Waals surface area contributed by atoms with Gasteiger partial charge in [-0.05, 0) is 33.8 Å². The normalized spacial score (nSPS) is 14.1. The van der Waals surface area contributed by atoms with Gasteiger partial charge in [0.15, 0.2) is 11.7 Å². The van der Waals surface area contributed by atoms with Gasteiger partial charge in [-0.3, -0.25) is 15.5 Å². The van der Waals surface area contributed by atoms with Gasteiger partial charge in [0, 0.05) is 11.6 Å². The molecule has 0 radical (unpaired) electrons. The van der Waals surface area contributed by atoms with Gasteiger partial charge < -0.3 is 14.8 Å². The highest BCUT2D eigenvalue weighted by Crippen LogP contribution is 2.27. The first-order valence-corrected chi connectivity index (χ1v) is 10.7. The topological polar surface area (TPSA) is 148 Å². The summed E-state index contributed by atoms with van der Waals surface area (Å²) in [7, 11) is 0. The van der Waals surface area contributed by atoms with Crippen molar-refractivity contribution in [1.82, 2.24) is 15.8 Å². The molecule has 1 heterocycles. The molecule has 1 atom stereocenters. The average Bonchev–Trinajstić information content (AvgIpc) is 2.82. The van der Waals surface area contributed by atoms with Crippen molar-refractivity contribution in [3.8, 4) is 0 Å². The second-order valence-electron chi connectivity index (χ2n) is 8.48. The van der Waals surface area contributed by atoms with Gasteiger partial charge in [-0.15, -0.1) is 10.2 Å². The van der Waals surface area contributed by atoms with E-state index >= 15 is 0 Å². The van der Waals surface area contributed by atoms with Crippen LogP contribution in [0.15, 0.2) is 64.8 Å². The lowest BCUT2D eigenvalue weighted by molar-refractivity contribution is -0.386. The molecule has 0 aromatic heterocycles. The van der Waals surface area contributed by atoms with Crippen molar-refractivity contribution in [2.24, 2.45) is 10.2 Å². The quantitative estimate of drug-likeness (QED) is 0.469. The number of carbonyl (C=O) groups is 2. The van der Waals surface area contributed by atoms with Gasteiger partial charge in [-0.2, -0.15) is 5.01 Å². The lowest BCUT2D eigenvalue weighted by Gasteiger charge is -2.29. The van der Waals surface area contributed by atoms with Crippen LogP contribution in [0.3, 0.4) is 0 Å². The second-order valence-corrected chi connectivity index (χ2v) is 8.48. The molecule has 0 saturated heterocycles. The fourth-order valence-electron chi connectivity index (χ4n) is 3.06. The standard InChI is InChI=1S/C23H26N6O6/c1-15(17-12-8-9-13-18(17)29(32)33)34-22(31)28-19(14-24-21(30)35-23(2,3)4)25-26-20(27-28)16-10-6-5-7-11-16/h5-13,15H,14H2,1-4H3,(H,24,30)(H,26,27). The van der Waals surface area contributed by atoms with E-state index in [0.717, 1.165) is 5.01 Å². The number of hydrogen-bond donors (Lipinski definition) is 2. The zero-order chi connectivity index (χ0) is 25.6. The number of carbonyl (C=O) groups excluding carboxylic acids is 2. The minimum Gasteiger partial charge on any atom is -0.444 e. The number of para-hydroxylation sites is 1. The molecule has 0 fully saturated rings. The van der Waals surface area contributed by atoms with Crippen molar-refractivity contribution in [2.75, 3.05) is 6.54 Å². The molecular weight excluding hydrogens is 456 g/mol. The number of hydrazine groups is 1. The minimum absolute atomic E-state index is 0.0234. The van der Waals surface area contributed by atoms with Crippen LogP contribution >= 0.6 is 0 Å². The predicted octanol–water partition coefficient (Wildman–Crippen LogP) is 3.90. The third-order valence-electron chi connectivity index (χ3n) is 4.61. The summed E-state index contributed by atoms with van der Waals surface area (Å²) >= 11 is 0. The Morgan fingerprint density at radius 2 is 1.77 bits per heavy atom. The number of rotatable bonds is 6. The molecule has 0 spiro atoms. The summed E-state index contributed by atoms with van der Waals surface area (Å²) in [6.07, 6.45) is -2.56. The van der Waals surface area contributed by atoms with Gasteiger partial charge >= 0.3 is 12.2 Å². The van der Waals surface area contributed by atoms with Crippen molar-refractivity contribution in [3.05, 3.63) is 75.8 Å². The third kappa shape index (κ3) is 6.76. The zero-order valence-corrected chi connectivity index (χ0v) is 19.7. The maximum absolute atomic E-state index is 13.1. The molecule has 0 saturated carbocycles. The van der Waals surface area contributed by atoms with Gasteiger partial charge in [-0.25, -0.2) is 9.59 Å². The molecule has 2 aromatic carbocycles. The van der Waals surface area contributed by atoms with Crippen molar-refractivity contribution in [1.29, 1.82) is 0 Å². The van der Waals surface area contributed by atoms with E-state index in [1.807, 2.05) is 6.07 Å². The van der Waals surface area contributed by atoms with Gasteiger partial charge in [0.2, 0.25) is 0 Å². The van der Waals surface area contributed by atoms with Crippen LogP contribution in [-0.2, 0) is 9.47 Å². The van der Waals surface area contributed by atoms with Crippen LogP contribution in [0, 0.1) is 10.1 Å². The van der Waals surface area contributed by atoms with E-state index in [4.69, 9.17) is 9.47 Å². The highest BCUT2D eigenvalue weighted by atomic mass is 16.6. The number of amides is 2. The Bertz CT molecular complexity index is 1160. The molecule has 12 nitrogen and oxygen atoms in total. The monoisotopic (exact) mass is 482 g/mol. The van der Waals surface area contributed by atoms with Gasteiger partial charge in [-0.1, -0.05) is 42.5 Å². The fourth-order valence-corrected chi connectivity index (χ4v) is 3.06. The summed E-state index contributed by atoms with van der Waals surface area (Å²) < 4.78 is 10.7. The molecule has 2 aromatic rings. The van der Waals surface area contributed by atoms with Gasteiger partial charge in [0.25, 0.3) is 5.69 Å². The highest BCUT2D eigenvalue weighted by Gasteiger charge is 2.30. The van der Waals surface area contributed by atoms with E-state index in [1.54, 1.807) is 51.1 Å². The van der Waals surface area contributed by atoms with Crippen molar-refractivity contribution in [3.63, 3.8) is 0 Å². The second kappa shape index (κ2) is 10.6. The Kier molecular flexibility index (Phi) is 7.64. The number of alkyl carbamates (subject to hydrolysis) is 1. The molecule has 35 heavy (non-hydrogen) atoms. The van der Waals surface area contributed by atoms with Crippen molar-refractivity contribution >= 4 is 29.5 Å². The first-order chi connectivity index (χ1) is 16.5. The minimum atomic E-state index is -0.954. The predicted molar refractivity (Wildman–Crippen MR) is 128 cm³/mol. The Labute approximate surface area is 201 Å². The number of amidine groups is 2. The maximum Gasteiger partial charge on any atom is 0.435 e. The molecule has 1 aliphatic rings. The summed E-state index contributed by atoms with van der Waals surface area (Å²) in [6, 6.07) is 14.9. The molecule has 3 rings (SSSR count). The highest BCUT2D eigenvalue weighted by molar-refractivity contribution is 6.06. The van der Waals surface area contributed by atoms with Crippen LogP contribution < -0.4 is 10.7 Å². The molecule has 1 unspecified atom stereocenters. The van der Waals surface area contributed by atoms with E-state index in [0.29, 0.717) is 5.56 Å². The average molecular weight is 482 g/mol. The number of ether oxygens (including phenoxy) is 2. The number of nitro groups is 1. The molecule has 2 N–H and O–H groups in total. The zero-order valence-electron chi connectivity index (χ0n) is 19.7. The largest absolute Gasteiger partial charge is 0.444 e.